The van der Waals surface area contributed by atoms with Gasteiger partial charge in [0.1, 0.15) is 0 Å². The lowest BCUT2D eigenvalue weighted by Gasteiger charge is -2.21. The number of rotatable bonds is 5. The molecule has 2 rings (SSSR count). The molecule has 0 saturated heterocycles. The number of nitrogens with one attached hydrogen (secondary N) is 1. The van der Waals surface area contributed by atoms with E-state index in [0.717, 1.165) is 34.4 Å². The van der Waals surface area contributed by atoms with Crippen LogP contribution in [-0.4, -0.2) is 42.2 Å². The molecule has 8 heteroatoms. The SMILES string of the molecule is CCC(NC(=O)c1ccc(C)cc1C)c1ccc(Cl)c(N(C)C)c1.O=C(O)C(=O)O. The molecule has 162 valence electrons. The van der Waals surface area contributed by atoms with Gasteiger partial charge in [0.05, 0.1) is 16.8 Å². The van der Waals surface area contributed by atoms with Gasteiger partial charge >= 0.3 is 11.9 Å². The first kappa shape index (κ1) is 25.0. The number of carbonyl (C=O) groups is 3. The van der Waals surface area contributed by atoms with Crippen molar-refractivity contribution < 1.29 is 24.6 Å². The Bertz CT molecular complexity index is 916. The minimum absolute atomic E-state index is 0.0410. The Kier molecular flexibility index (Phi) is 9.33. The zero-order valence-electron chi connectivity index (χ0n) is 17.7. The minimum atomic E-state index is -1.82. The van der Waals surface area contributed by atoms with Gasteiger partial charge in [0.25, 0.3) is 5.91 Å². The molecule has 0 spiro atoms. The summed E-state index contributed by atoms with van der Waals surface area (Å²) in [4.78, 5) is 32.8. The Hall–Kier alpha value is -3.06. The van der Waals surface area contributed by atoms with Crippen LogP contribution in [0.5, 0.6) is 0 Å². The second-order valence-corrected chi connectivity index (χ2v) is 7.38. The van der Waals surface area contributed by atoms with Crippen molar-refractivity contribution in [2.45, 2.75) is 33.2 Å². The molecule has 1 amide bonds. The molecule has 7 nitrogen and oxygen atoms in total. The maximum atomic E-state index is 12.7. The lowest BCUT2D eigenvalue weighted by atomic mass is 10.0. The van der Waals surface area contributed by atoms with E-state index in [1.807, 2.05) is 69.2 Å². The van der Waals surface area contributed by atoms with E-state index in [2.05, 4.69) is 12.2 Å². The van der Waals surface area contributed by atoms with Crippen LogP contribution in [-0.2, 0) is 9.59 Å². The molecule has 0 radical (unpaired) electrons. The van der Waals surface area contributed by atoms with Gasteiger partial charge in [0.15, 0.2) is 0 Å². The topological polar surface area (TPSA) is 107 Å². The fourth-order valence-electron chi connectivity index (χ4n) is 2.81. The summed E-state index contributed by atoms with van der Waals surface area (Å²) in [7, 11) is 3.92. The zero-order chi connectivity index (χ0) is 23.0. The van der Waals surface area contributed by atoms with Gasteiger partial charge < -0.3 is 20.4 Å². The highest BCUT2D eigenvalue weighted by molar-refractivity contribution is 6.33. The molecule has 0 heterocycles. The largest absolute Gasteiger partial charge is 0.473 e. The number of aryl methyl sites for hydroxylation is 2. The van der Waals surface area contributed by atoms with Crippen molar-refractivity contribution in [2.75, 3.05) is 19.0 Å². The predicted octanol–water partition coefficient (Wildman–Crippen LogP) is 4.06. The summed E-state index contributed by atoms with van der Waals surface area (Å²) in [6.45, 7) is 6.06. The number of amides is 1. The first-order valence-electron chi connectivity index (χ1n) is 9.29. The van der Waals surface area contributed by atoms with Crippen molar-refractivity contribution >= 4 is 35.1 Å². The first-order chi connectivity index (χ1) is 14.0. The number of carboxylic acid groups (broad SMARTS) is 2. The van der Waals surface area contributed by atoms with Crippen LogP contribution in [0.3, 0.4) is 0 Å². The molecule has 0 aromatic heterocycles. The van der Waals surface area contributed by atoms with Crippen LogP contribution in [0.2, 0.25) is 5.02 Å². The van der Waals surface area contributed by atoms with Gasteiger partial charge in [-0.25, -0.2) is 9.59 Å². The molecule has 3 N–H and O–H groups in total. The molecule has 0 aliphatic heterocycles. The maximum absolute atomic E-state index is 12.7. The zero-order valence-corrected chi connectivity index (χ0v) is 18.4. The van der Waals surface area contributed by atoms with E-state index in [1.54, 1.807) is 0 Å². The number of nitrogens with zero attached hydrogens (tertiary/aromatic N) is 1. The average molecular weight is 435 g/mol. The van der Waals surface area contributed by atoms with Gasteiger partial charge in [-0.05, 0) is 49.6 Å². The highest BCUT2D eigenvalue weighted by Gasteiger charge is 2.17. The van der Waals surface area contributed by atoms with Crippen LogP contribution >= 0.6 is 11.6 Å². The lowest BCUT2D eigenvalue weighted by molar-refractivity contribution is -0.159. The number of benzene rings is 2. The van der Waals surface area contributed by atoms with E-state index in [0.29, 0.717) is 5.02 Å². The van der Waals surface area contributed by atoms with E-state index in [-0.39, 0.29) is 11.9 Å². The molecule has 0 bridgehead atoms. The van der Waals surface area contributed by atoms with Crippen LogP contribution < -0.4 is 10.2 Å². The Morgan fingerprint density at radius 3 is 2.10 bits per heavy atom. The Labute approximate surface area is 181 Å². The third kappa shape index (κ3) is 7.08. The summed E-state index contributed by atoms with van der Waals surface area (Å²) in [5, 5.41) is 18.6. The summed E-state index contributed by atoms with van der Waals surface area (Å²) in [6, 6.07) is 11.7. The van der Waals surface area contributed by atoms with Crippen molar-refractivity contribution in [3.05, 3.63) is 63.7 Å². The predicted molar refractivity (Wildman–Crippen MR) is 117 cm³/mol. The van der Waals surface area contributed by atoms with Gasteiger partial charge in [-0.3, -0.25) is 4.79 Å². The van der Waals surface area contributed by atoms with Crippen LogP contribution in [0.4, 0.5) is 5.69 Å². The highest BCUT2D eigenvalue weighted by Crippen LogP contribution is 2.29. The van der Waals surface area contributed by atoms with Gasteiger partial charge in [0.2, 0.25) is 0 Å². The smallest absolute Gasteiger partial charge is 0.414 e. The maximum Gasteiger partial charge on any atom is 0.414 e. The van der Waals surface area contributed by atoms with Crippen molar-refractivity contribution in [2.24, 2.45) is 0 Å². The molecular formula is C22H27ClN2O5. The molecule has 30 heavy (non-hydrogen) atoms. The van der Waals surface area contributed by atoms with Crippen molar-refractivity contribution in [1.29, 1.82) is 0 Å². The summed E-state index contributed by atoms with van der Waals surface area (Å²) in [5.41, 5.74) is 4.88. The average Bonchev–Trinajstić information content (AvgIpc) is 2.66. The molecule has 0 aliphatic carbocycles. The second-order valence-electron chi connectivity index (χ2n) is 6.97. The summed E-state index contributed by atoms with van der Waals surface area (Å²) in [6.07, 6.45) is 0.811. The Morgan fingerprint density at radius 2 is 1.63 bits per heavy atom. The lowest BCUT2D eigenvalue weighted by Crippen LogP contribution is -2.29. The number of aliphatic carboxylic acids is 2. The normalized spacial score (nSPS) is 11.0. The van der Waals surface area contributed by atoms with E-state index in [4.69, 9.17) is 31.4 Å². The Morgan fingerprint density at radius 1 is 1.03 bits per heavy atom. The Balaban J connectivity index is 0.000000656. The van der Waals surface area contributed by atoms with E-state index in [1.165, 1.54) is 0 Å². The van der Waals surface area contributed by atoms with Gasteiger partial charge in [0, 0.05) is 19.7 Å². The third-order valence-electron chi connectivity index (χ3n) is 4.38. The number of hydrogen-bond acceptors (Lipinski definition) is 4. The summed E-state index contributed by atoms with van der Waals surface area (Å²) < 4.78 is 0. The van der Waals surface area contributed by atoms with E-state index in [9.17, 15) is 4.79 Å². The number of carboxylic acids is 2. The van der Waals surface area contributed by atoms with Gasteiger partial charge in [-0.1, -0.05) is 42.3 Å². The molecule has 2 aromatic carbocycles. The fourth-order valence-corrected chi connectivity index (χ4v) is 3.10. The monoisotopic (exact) mass is 434 g/mol. The van der Waals surface area contributed by atoms with Crippen molar-refractivity contribution in [1.82, 2.24) is 5.32 Å². The van der Waals surface area contributed by atoms with Crippen LogP contribution in [0, 0.1) is 13.8 Å². The number of carbonyl (C=O) groups excluding carboxylic acids is 1. The minimum Gasteiger partial charge on any atom is -0.473 e. The molecule has 0 saturated carbocycles. The molecule has 2 aromatic rings. The van der Waals surface area contributed by atoms with Crippen molar-refractivity contribution in [3.8, 4) is 0 Å². The molecule has 0 fully saturated rings. The van der Waals surface area contributed by atoms with Gasteiger partial charge in [-0.2, -0.15) is 0 Å². The van der Waals surface area contributed by atoms with Crippen LogP contribution in [0.25, 0.3) is 0 Å². The van der Waals surface area contributed by atoms with Crippen LogP contribution in [0.15, 0.2) is 36.4 Å². The fraction of sp³-hybridized carbons (Fsp3) is 0.318. The van der Waals surface area contributed by atoms with Crippen molar-refractivity contribution in [3.63, 3.8) is 0 Å². The number of halogens is 1. The molecule has 1 unspecified atom stereocenters. The van der Waals surface area contributed by atoms with E-state index < -0.39 is 11.9 Å². The molecule has 0 aliphatic rings. The van der Waals surface area contributed by atoms with E-state index >= 15 is 0 Å². The quantitative estimate of drug-likeness (QED) is 0.612. The highest BCUT2D eigenvalue weighted by atomic mass is 35.5. The summed E-state index contributed by atoms with van der Waals surface area (Å²) in [5.74, 6) is -3.69. The standard InChI is InChI=1S/C20H25ClN2O.C2H2O4/c1-6-18(15-8-10-17(21)19(12-15)23(4)5)22-20(24)16-9-7-13(2)11-14(16)3;3-1(4)2(5)6/h7-12,18H,6H2,1-5H3,(H,22,24);(H,3,4)(H,5,6). The number of hydrogen-bond donors (Lipinski definition) is 3. The number of anilines is 1. The molecular weight excluding hydrogens is 408 g/mol. The summed E-state index contributed by atoms with van der Waals surface area (Å²) >= 11 is 6.25. The van der Waals surface area contributed by atoms with Crippen LogP contribution in [0.1, 0.15) is 46.4 Å². The first-order valence-corrected chi connectivity index (χ1v) is 9.66. The third-order valence-corrected chi connectivity index (χ3v) is 4.70. The molecule has 1 atom stereocenters. The van der Waals surface area contributed by atoms with Gasteiger partial charge in [-0.15, -0.1) is 0 Å². The second kappa shape index (κ2) is 11.2.